The van der Waals surface area contributed by atoms with Crippen LogP contribution in [0, 0.1) is 5.92 Å². The largest absolute Gasteiger partial charge is 0.330 e. The fraction of sp³-hybridized carbons (Fsp3) is 0.867. The maximum Gasteiger partial charge on any atom is 0.223 e. The normalized spacial score (nSPS) is 23.9. The van der Waals surface area contributed by atoms with Gasteiger partial charge in [0.25, 0.3) is 0 Å². The molecule has 18 heavy (non-hydrogen) atoms. The van der Waals surface area contributed by atoms with Gasteiger partial charge >= 0.3 is 0 Å². The molecule has 2 fully saturated rings. The molecule has 1 heterocycles. The predicted molar refractivity (Wildman–Crippen MR) is 71.2 cm³/mol. The van der Waals surface area contributed by atoms with Crippen molar-refractivity contribution in [3.8, 4) is 0 Å². The van der Waals surface area contributed by atoms with Gasteiger partial charge < -0.3 is 4.90 Å². The highest BCUT2D eigenvalue weighted by molar-refractivity contribution is 5.91. The van der Waals surface area contributed by atoms with Crippen LogP contribution in [-0.4, -0.2) is 28.7 Å². The molecule has 3 nitrogen and oxygen atoms in total. The molecule has 1 saturated heterocycles. The molecule has 2 rings (SSSR count). The Morgan fingerprint density at radius 1 is 1.33 bits per heavy atom. The monoisotopic (exact) mass is 251 g/mol. The van der Waals surface area contributed by atoms with Gasteiger partial charge in [-0.3, -0.25) is 9.59 Å². The molecule has 0 unspecified atom stereocenters. The molecule has 1 aliphatic carbocycles. The summed E-state index contributed by atoms with van der Waals surface area (Å²) in [7, 11) is 0. The number of likely N-dealkylation sites (tertiary alicyclic amines) is 1. The van der Waals surface area contributed by atoms with E-state index in [-0.39, 0.29) is 17.2 Å². The molecular weight excluding hydrogens is 226 g/mol. The van der Waals surface area contributed by atoms with Crippen molar-refractivity contribution >= 4 is 11.7 Å². The van der Waals surface area contributed by atoms with Crippen molar-refractivity contribution in [2.45, 2.75) is 70.8 Å². The number of nitrogens with zero attached hydrogens (tertiary/aromatic N) is 1. The average molecular weight is 251 g/mol. The van der Waals surface area contributed by atoms with Gasteiger partial charge in [0.15, 0.2) is 5.78 Å². The molecule has 0 N–H and O–H groups in total. The van der Waals surface area contributed by atoms with Crippen molar-refractivity contribution < 1.29 is 9.59 Å². The van der Waals surface area contributed by atoms with Crippen LogP contribution in [-0.2, 0) is 9.59 Å². The van der Waals surface area contributed by atoms with Crippen LogP contribution in [0.15, 0.2) is 0 Å². The summed E-state index contributed by atoms with van der Waals surface area (Å²) in [5.41, 5.74) is -0.262. The second-order valence-corrected chi connectivity index (χ2v) is 6.55. The third-order valence-electron chi connectivity index (χ3n) is 4.47. The second kappa shape index (κ2) is 5.41. The van der Waals surface area contributed by atoms with E-state index in [4.69, 9.17) is 0 Å². The van der Waals surface area contributed by atoms with E-state index >= 15 is 0 Å². The lowest BCUT2D eigenvalue weighted by molar-refractivity contribution is -0.135. The standard InChI is InChI=1S/C15H25NO2/c1-15(2)10-13(17)11-16(15)14(18)9-5-8-12-6-3-4-7-12/h12H,3-11H2,1-2H3. The van der Waals surface area contributed by atoms with Gasteiger partial charge in [-0.15, -0.1) is 0 Å². The number of ketones is 1. The molecule has 0 bridgehead atoms. The van der Waals surface area contributed by atoms with Crippen LogP contribution in [0.2, 0.25) is 0 Å². The van der Waals surface area contributed by atoms with Crippen LogP contribution in [0.5, 0.6) is 0 Å². The molecule has 1 saturated carbocycles. The van der Waals surface area contributed by atoms with Crippen molar-refractivity contribution in [1.29, 1.82) is 0 Å². The summed E-state index contributed by atoms with van der Waals surface area (Å²) in [6.45, 7) is 4.31. The topological polar surface area (TPSA) is 37.4 Å². The first-order valence-electron chi connectivity index (χ1n) is 7.31. The van der Waals surface area contributed by atoms with Crippen molar-refractivity contribution in [1.82, 2.24) is 4.90 Å². The van der Waals surface area contributed by atoms with Gasteiger partial charge in [0.1, 0.15) is 0 Å². The van der Waals surface area contributed by atoms with Crippen molar-refractivity contribution in [3.05, 3.63) is 0 Å². The molecule has 0 aromatic heterocycles. The Labute approximate surface area is 110 Å². The lowest BCUT2D eigenvalue weighted by Crippen LogP contribution is -2.42. The first-order chi connectivity index (χ1) is 8.49. The SMILES string of the molecule is CC1(C)CC(=O)CN1C(=O)CCCC1CCCC1. The highest BCUT2D eigenvalue weighted by atomic mass is 16.2. The van der Waals surface area contributed by atoms with E-state index in [1.54, 1.807) is 4.90 Å². The summed E-state index contributed by atoms with van der Waals surface area (Å²) in [6, 6.07) is 0. The first-order valence-corrected chi connectivity index (χ1v) is 7.31. The van der Waals surface area contributed by atoms with Crippen LogP contribution in [0.1, 0.15) is 65.2 Å². The van der Waals surface area contributed by atoms with E-state index in [1.165, 1.54) is 32.1 Å². The van der Waals surface area contributed by atoms with E-state index in [0.717, 1.165) is 12.3 Å². The van der Waals surface area contributed by atoms with Gasteiger partial charge in [0.05, 0.1) is 6.54 Å². The number of Topliss-reactive ketones (excluding diaryl/α,β-unsaturated/α-hetero) is 1. The van der Waals surface area contributed by atoms with E-state index in [0.29, 0.717) is 19.4 Å². The maximum atomic E-state index is 12.2. The van der Waals surface area contributed by atoms with Crippen LogP contribution < -0.4 is 0 Å². The summed E-state index contributed by atoms with van der Waals surface area (Å²) in [5.74, 6) is 1.22. The minimum absolute atomic E-state index is 0.170. The number of carbonyl (C=O) groups excluding carboxylic acids is 2. The highest BCUT2D eigenvalue weighted by Crippen LogP contribution is 2.30. The molecular formula is C15H25NO2. The van der Waals surface area contributed by atoms with Gasteiger partial charge in [-0.25, -0.2) is 0 Å². The van der Waals surface area contributed by atoms with Crippen molar-refractivity contribution in [2.75, 3.05) is 6.54 Å². The van der Waals surface area contributed by atoms with Gasteiger partial charge in [0.2, 0.25) is 5.91 Å². The van der Waals surface area contributed by atoms with Gasteiger partial charge in [0, 0.05) is 18.4 Å². The number of hydrogen-bond donors (Lipinski definition) is 0. The Balaban J connectivity index is 1.75. The van der Waals surface area contributed by atoms with Crippen molar-refractivity contribution in [3.63, 3.8) is 0 Å². The van der Waals surface area contributed by atoms with Crippen LogP contribution in [0.25, 0.3) is 0 Å². The number of hydrogen-bond acceptors (Lipinski definition) is 2. The van der Waals surface area contributed by atoms with Gasteiger partial charge in [-0.1, -0.05) is 25.7 Å². The molecule has 0 aromatic rings. The summed E-state index contributed by atoms with van der Waals surface area (Å²) in [5, 5.41) is 0. The summed E-state index contributed by atoms with van der Waals surface area (Å²) < 4.78 is 0. The zero-order valence-electron chi connectivity index (χ0n) is 11.7. The molecule has 3 heteroatoms. The van der Waals surface area contributed by atoms with Crippen molar-refractivity contribution in [2.24, 2.45) is 5.92 Å². The Bertz CT molecular complexity index is 329. The Hall–Kier alpha value is -0.860. The lowest BCUT2D eigenvalue weighted by atomic mass is 9.99. The molecule has 0 spiro atoms. The molecule has 1 amide bonds. The maximum absolute atomic E-state index is 12.2. The Kier molecular flexibility index (Phi) is 4.08. The molecule has 2 aliphatic rings. The average Bonchev–Trinajstić information content (AvgIpc) is 2.85. The quantitative estimate of drug-likeness (QED) is 0.770. The van der Waals surface area contributed by atoms with E-state index in [9.17, 15) is 9.59 Å². The predicted octanol–water partition coefficient (Wildman–Crippen LogP) is 2.93. The van der Waals surface area contributed by atoms with E-state index in [1.807, 2.05) is 13.8 Å². The zero-order chi connectivity index (χ0) is 13.2. The number of carbonyl (C=O) groups is 2. The molecule has 0 atom stereocenters. The Morgan fingerprint density at radius 2 is 2.00 bits per heavy atom. The fourth-order valence-corrected chi connectivity index (χ4v) is 3.43. The number of rotatable bonds is 4. The van der Waals surface area contributed by atoms with E-state index < -0.39 is 0 Å². The smallest absolute Gasteiger partial charge is 0.223 e. The molecule has 102 valence electrons. The second-order valence-electron chi connectivity index (χ2n) is 6.55. The van der Waals surface area contributed by atoms with Gasteiger partial charge in [-0.2, -0.15) is 0 Å². The summed E-state index contributed by atoms with van der Waals surface area (Å²) in [6.07, 6.45) is 8.75. The van der Waals surface area contributed by atoms with Crippen LogP contribution in [0.3, 0.4) is 0 Å². The minimum atomic E-state index is -0.262. The number of amides is 1. The fourth-order valence-electron chi connectivity index (χ4n) is 3.43. The van der Waals surface area contributed by atoms with Crippen LogP contribution >= 0.6 is 0 Å². The summed E-state index contributed by atoms with van der Waals surface area (Å²) in [4.78, 5) is 25.4. The van der Waals surface area contributed by atoms with Gasteiger partial charge in [-0.05, 0) is 32.6 Å². The molecule has 0 aromatic carbocycles. The minimum Gasteiger partial charge on any atom is -0.330 e. The highest BCUT2D eigenvalue weighted by Gasteiger charge is 2.39. The molecule has 1 aliphatic heterocycles. The lowest BCUT2D eigenvalue weighted by Gasteiger charge is -2.30. The zero-order valence-corrected chi connectivity index (χ0v) is 11.7. The Morgan fingerprint density at radius 3 is 2.56 bits per heavy atom. The first kappa shape index (κ1) is 13.6. The van der Waals surface area contributed by atoms with Crippen LogP contribution in [0.4, 0.5) is 0 Å². The summed E-state index contributed by atoms with van der Waals surface area (Å²) >= 11 is 0. The molecule has 0 radical (unpaired) electrons. The third kappa shape index (κ3) is 3.12. The third-order valence-corrected chi connectivity index (χ3v) is 4.47. The van der Waals surface area contributed by atoms with E-state index in [2.05, 4.69) is 0 Å².